The number of hydrogen-bond acceptors (Lipinski definition) is 6. The average molecular weight is 306 g/mol. The van der Waals surface area contributed by atoms with E-state index < -0.39 is 0 Å². The van der Waals surface area contributed by atoms with Crippen molar-refractivity contribution < 1.29 is 4.42 Å². The Labute approximate surface area is 125 Å². The molecule has 0 atom stereocenters. The molecule has 3 rings (SSSR count). The lowest BCUT2D eigenvalue weighted by molar-refractivity contribution is 0.567. The van der Waals surface area contributed by atoms with Gasteiger partial charge in [0.05, 0.1) is 17.0 Å². The highest BCUT2D eigenvalue weighted by atomic mass is 32.2. The summed E-state index contributed by atoms with van der Waals surface area (Å²) < 4.78 is 7.46. The second kappa shape index (κ2) is 5.80. The van der Waals surface area contributed by atoms with Crippen LogP contribution in [0.4, 0.5) is 0 Å². The second-order valence-electron chi connectivity index (χ2n) is 4.17. The summed E-state index contributed by atoms with van der Waals surface area (Å²) in [6, 6.07) is 3.75. The van der Waals surface area contributed by atoms with E-state index in [-0.39, 0.29) is 0 Å². The topological polar surface area (TPSA) is 56.7 Å². The summed E-state index contributed by atoms with van der Waals surface area (Å²) in [6.07, 6.45) is 1.65. The lowest BCUT2D eigenvalue weighted by Gasteiger charge is -2.04. The Morgan fingerprint density at radius 2 is 2.30 bits per heavy atom. The van der Waals surface area contributed by atoms with Crippen molar-refractivity contribution in [2.75, 3.05) is 0 Å². The van der Waals surface area contributed by atoms with Gasteiger partial charge in [-0.05, 0) is 26.0 Å². The summed E-state index contributed by atoms with van der Waals surface area (Å²) in [6.45, 7) is 4.90. The van der Waals surface area contributed by atoms with Crippen molar-refractivity contribution in [3.63, 3.8) is 0 Å². The molecule has 0 amide bonds. The number of hydrogen-bond donors (Lipinski definition) is 0. The van der Waals surface area contributed by atoms with Crippen LogP contribution in [-0.4, -0.2) is 19.7 Å². The van der Waals surface area contributed by atoms with E-state index in [0.29, 0.717) is 0 Å². The Morgan fingerprint density at radius 1 is 1.40 bits per heavy atom. The maximum atomic E-state index is 5.40. The van der Waals surface area contributed by atoms with E-state index in [1.807, 2.05) is 19.1 Å². The fraction of sp³-hybridized carbons (Fsp3) is 0.308. The normalized spacial score (nSPS) is 11.1. The van der Waals surface area contributed by atoms with E-state index in [1.54, 1.807) is 29.4 Å². The van der Waals surface area contributed by atoms with Crippen LogP contribution in [0.15, 0.2) is 33.3 Å². The van der Waals surface area contributed by atoms with Crippen LogP contribution in [0.5, 0.6) is 0 Å². The van der Waals surface area contributed by atoms with Gasteiger partial charge >= 0.3 is 0 Å². The number of aryl methyl sites for hydroxylation is 1. The summed E-state index contributed by atoms with van der Waals surface area (Å²) in [4.78, 5) is 4.46. The first-order valence-electron chi connectivity index (χ1n) is 6.28. The molecule has 20 heavy (non-hydrogen) atoms. The minimum Gasteiger partial charge on any atom is -0.461 e. The summed E-state index contributed by atoms with van der Waals surface area (Å²) in [5.74, 6) is 2.32. The summed E-state index contributed by atoms with van der Waals surface area (Å²) >= 11 is 3.32. The van der Waals surface area contributed by atoms with E-state index in [1.165, 1.54) is 0 Å². The zero-order valence-corrected chi connectivity index (χ0v) is 12.9. The van der Waals surface area contributed by atoms with Crippen molar-refractivity contribution in [3.8, 4) is 11.6 Å². The van der Waals surface area contributed by atoms with E-state index in [9.17, 15) is 0 Å². The van der Waals surface area contributed by atoms with Crippen LogP contribution in [-0.2, 0) is 12.3 Å². The van der Waals surface area contributed by atoms with Gasteiger partial charge in [-0.2, -0.15) is 0 Å². The van der Waals surface area contributed by atoms with Crippen molar-refractivity contribution in [3.05, 3.63) is 34.5 Å². The molecule has 3 aromatic heterocycles. The van der Waals surface area contributed by atoms with Gasteiger partial charge in [-0.3, -0.25) is 4.57 Å². The molecular weight excluding hydrogens is 292 g/mol. The highest BCUT2D eigenvalue weighted by Crippen LogP contribution is 2.26. The maximum Gasteiger partial charge on any atom is 0.200 e. The number of thioether (sulfide) groups is 1. The van der Waals surface area contributed by atoms with Gasteiger partial charge in [0.15, 0.2) is 16.7 Å². The first kappa shape index (κ1) is 13.4. The van der Waals surface area contributed by atoms with Crippen LogP contribution in [0.1, 0.15) is 17.6 Å². The fourth-order valence-corrected chi connectivity index (χ4v) is 3.49. The molecule has 0 bridgehead atoms. The van der Waals surface area contributed by atoms with Crippen molar-refractivity contribution >= 4 is 23.1 Å². The van der Waals surface area contributed by atoms with Crippen LogP contribution < -0.4 is 0 Å². The predicted octanol–water partition coefficient (Wildman–Crippen LogP) is 3.62. The summed E-state index contributed by atoms with van der Waals surface area (Å²) in [5, 5.41) is 12.6. The van der Waals surface area contributed by atoms with Crippen molar-refractivity contribution in [2.24, 2.45) is 0 Å². The van der Waals surface area contributed by atoms with Crippen LogP contribution in [0.2, 0.25) is 0 Å². The molecule has 5 nitrogen and oxygen atoms in total. The van der Waals surface area contributed by atoms with E-state index >= 15 is 0 Å². The van der Waals surface area contributed by atoms with Crippen LogP contribution in [0, 0.1) is 6.92 Å². The van der Waals surface area contributed by atoms with Crippen LogP contribution in [0.25, 0.3) is 11.6 Å². The fourth-order valence-electron chi connectivity index (χ4n) is 1.88. The maximum absolute atomic E-state index is 5.40. The number of furan rings is 1. The first-order chi connectivity index (χ1) is 9.78. The van der Waals surface area contributed by atoms with Crippen molar-refractivity contribution in [2.45, 2.75) is 31.3 Å². The van der Waals surface area contributed by atoms with E-state index in [0.717, 1.165) is 39.7 Å². The van der Waals surface area contributed by atoms with Gasteiger partial charge in [-0.15, -0.1) is 21.5 Å². The number of rotatable bonds is 5. The zero-order chi connectivity index (χ0) is 13.9. The minimum atomic E-state index is 0.746. The van der Waals surface area contributed by atoms with Gasteiger partial charge in [0.25, 0.3) is 0 Å². The molecule has 0 unspecified atom stereocenters. The van der Waals surface area contributed by atoms with Crippen molar-refractivity contribution in [1.82, 2.24) is 19.7 Å². The standard InChI is InChI=1S/C13H14N4OS2/c1-3-17-12(11-5-4-6-18-11)15-16-13(17)20-8-10-7-19-9(2)14-10/h4-7H,3,8H2,1-2H3. The van der Waals surface area contributed by atoms with Gasteiger partial charge in [0, 0.05) is 17.7 Å². The number of thiazole rings is 1. The van der Waals surface area contributed by atoms with Gasteiger partial charge in [-0.25, -0.2) is 4.98 Å². The van der Waals surface area contributed by atoms with Gasteiger partial charge in [-0.1, -0.05) is 11.8 Å². The molecule has 0 radical (unpaired) electrons. The number of nitrogens with zero attached hydrogens (tertiary/aromatic N) is 4. The summed E-state index contributed by atoms with van der Waals surface area (Å²) in [5.41, 5.74) is 1.09. The summed E-state index contributed by atoms with van der Waals surface area (Å²) in [7, 11) is 0. The Bertz CT molecular complexity index is 687. The Morgan fingerprint density at radius 3 is 2.95 bits per heavy atom. The Balaban J connectivity index is 1.80. The smallest absolute Gasteiger partial charge is 0.200 e. The molecule has 0 saturated carbocycles. The molecule has 3 heterocycles. The quantitative estimate of drug-likeness (QED) is 0.674. The molecule has 0 N–H and O–H groups in total. The number of aromatic nitrogens is 4. The monoisotopic (exact) mass is 306 g/mol. The van der Waals surface area contributed by atoms with Gasteiger partial charge in [0.1, 0.15) is 0 Å². The average Bonchev–Trinajstić information content (AvgIpc) is 3.16. The Kier molecular flexibility index (Phi) is 3.88. The molecule has 0 aliphatic carbocycles. The predicted molar refractivity (Wildman–Crippen MR) is 79.8 cm³/mol. The molecule has 0 spiro atoms. The molecule has 0 saturated heterocycles. The van der Waals surface area contributed by atoms with Crippen molar-refractivity contribution in [1.29, 1.82) is 0 Å². The third-order valence-electron chi connectivity index (χ3n) is 2.79. The second-order valence-corrected chi connectivity index (χ2v) is 6.18. The molecule has 0 aliphatic heterocycles. The molecule has 104 valence electrons. The van der Waals surface area contributed by atoms with E-state index in [4.69, 9.17) is 4.42 Å². The third-order valence-corrected chi connectivity index (χ3v) is 4.61. The highest BCUT2D eigenvalue weighted by molar-refractivity contribution is 7.98. The van der Waals surface area contributed by atoms with Gasteiger partial charge < -0.3 is 4.42 Å². The molecular formula is C13H14N4OS2. The minimum absolute atomic E-state index is 0.746. The first-order valence-corrected chi connectivity index (χ1v) is 8.15. The van der Waals surface area contributed by atoms with Crippen LogP contribution >= 0.6 is 23.1 Å². The molecule has 0 aliphatic rings. The molecule has 3 aromatic rings. The van der Waals surface area contributed by atoms with Gasteiger partial charge in [0.2, 0.25) is 0 Å². The molecule has 0 aromatic carbocycles. The van der Waals surface area contributed by atoms with Crippen LogP contribution in [0.3, 0.4) is 0 Å². The zero-order valence-electron chi connectivity index (χ0n) is 11.2. The third kappa shape index (κ3) is 2.64. The molecule has 0 fully saturated rings. The highest BCUT2D eigenvalue weighted by Gasteiger charge is 2.15. The SMILES string of the molecule is CCn1c(SCc2csc(C)n2)nnc1-c1ccco1. The lowest BCUT2D eigenvalue weighted by Crippen LogP contribution is -1.99. The Hall–Kier alpha value is -1.60. The largest absolute Gasteiger partial charge is 0.461 e. The molecule has 7 heteroatoms. The lowest BCUT2D eigenvalue weighted by atomic mass is 10.4. The van der Waals surface area contributed by atoms with E-state index in [2.05, 4.69) is 32.1 Å².